The Bertz CT molecular complexity index is 1520. The molecule has 0 spiro atoms. The van der Waals surface area contributed by atoms with Crippen LogP contribution in [0.5, 0.6) is 5.75 Å². The number of carbonyl (C=O) groups is 1. The Labute approximate surface area is 273 Å². The number of nitrogens with zero attached hydrogens (tertiary/aromatic N) is 3. The zero-order valence-electron chi connectivity index (χ0n) is 27.3. The van der Waals surface area contributed by atoms with E-state index >= 15 is 13.2 Å². The number of fused-ring (bicyclic) bond motifs is 1. The molecule has 262 valence electrons. The number of benzene rings is 1. The summed E-state index contributed by atoms with van der Waals surface area (Å²) in [6.45, 7) is 2.44. The minimum Gasteiger partial charge on any atom is -0.495 e. The van der Waals surface area contributed by atoms with E-state index in [9.17, 15) is 18.3 Å². The van der Waals surface area contributed by atoms with E-state index in [0.717, 1.165) is 24.6 Å². The standard InChI is InChI=1S/C31H44F3N5O7S/c1-7-31(33,34)21-15-36-30(37-23-13-22(32)20(12-24(23)45-5)28(42)35-14-19(41)16-40)38(3)29(21)46-25-11-18-10-8-9-17(2)26(18)27(25)39(4)47(6,43)44/h8-9,12-13,15,17-19,25-27,30,37,40-41H,7,10-11,14,16H2,1-6H3,(H,35,42). The normalized spacial score (nSPS) is 26.8. The van der Waals surface area contributed by atoms with Crippen LogP contribution in [0.2, 0.25) is 0 Å². The minimum atomic E-state index is -3.67. The van der Waals surface area contributed by atoms with E-state index < -0.39 is 70.8 Å². The summed E-state index contributed by atoms with van der Waals surface area (Å²) in [5, 5.41) is 23.8. The first kappa shape index (κ1) is 36.5. The van der Waals surface area contributed by atoms with Crippen LogP contribution in [-0.4, -0.2) is 111 Å². The molecule has 4 N–H and O–H groups in total. The fraction of sp³-hybridized carbons (Fsp3) is 0.613. The van der Waals surface area contributed by atoms with Crippen LogP contribution < -0.4 is 15.4 Å². The van der Waals surface area contributed by atoms with Crippen molar-refractivity contribution in [3.05, 3.63) is 47.1 Å². The first-order valence-electron chi connectivity index (χ1n) is 15.4. The highest BCUT2D eigenvalue weighted by Gasteiger charge is 2.52. The molecule has 1 amide bonds. The molecule has 47 heavy (non-hydrogen) atoms. The number of sulfonamides is 1. The van der Waals surface area contributed by atoms with E-state index in [1.165, 1.54) is 37.3 Å². The number of hydrogen-bond donors (Lipinski definition) is 4. The summed E-state index contributed by atoms with van der Waals surface area (Å²) >= 11 is 0. The van der Waals surface area contributed by atoms with Gasteiger partial charge in [-0.25, -0.2) is 26.6 Å². The Balaban J connectivity index is 1.66. The molecule has 12 nitrogen and oxygen atoms in total. The number of halogens is 3. The maximum atomic E-state index is 15.4. The molecule has 1 aliphatic heterocycles. The van der Waals surface area contributed by atoms with Crippen molar-refractivity contribution in [2.45, 2.75) is 63.6 Å². The minimum absolute atomic E-state index is 0.0364. The maximum absolute atomic E-state index is 15.4. The van der Waals surface area contributed by atoms with Crippen molar-refractivity contribution in [1.29, 1.82) is 0 Å². The third-order valence-corrected chi connectivity index (χ3v) is 10.5. The monoisotopic (exact) mass is 687 g/mol. The van der Waals surface area contributed by atoms with E-state index in [-0.39, 0.29) is 47.2 Å². The van der Waals surface area contributed by atoms with E-state index in [1.54, 1.807) is 0 Å². The molecule has 1 fully saturated rings. The summed E-state index contributed by atoms with van der Waals surface area (Å²) in [6.07, 6.45) is 3.75. The quantitative estimate of drug-likeness (QED) is 0.230. The van der Waals surface area contributed by atoms with Crippen LogP contribution >= 0.6 is 0 Å². The van der Waals surface area contributed by atoms with Crippen LogP contribution in [0.25, 0.3) is 0 Å². The molecule has 1 heterocycles. The number of carbonyl (C=O) groups excluding carboxylic acids is 1. The molecule has 0 aromatic heterocycles. The average Bonchev–Trinajstić information content (AvgIpc) is 3.39. The van der Waals surface area contributed by atoms with Gasteiger partial charge in [0.25, 0.3) is 11.8 Å². The number of amides is 1. The first-order chi connectivity index (χ1) is 22.0. The highest BCUT2D eigenvalue weighted by atomic mass is 32.2. The predicted octanol–water partition coefficient (Wildman–Crippen LogP) is 2.76. The summed E-state index contributed by atoms with van der Waals surface area (Å²) in [6, 6.07) is 1.51. The number of hydrogen-bond acceptors (Lipinski definition) is 10. The summed E-state index contributed by atoms with van der Waals surface area (Å²) < 4.78 is 84.6. The van der Waals surface area contributed by atoms with Gasteiger partial charge < -0.3 is 35.2 Å². The Morgan fingerprint density at radius 3 is 2.64 bits per heavy atom. The van der Waals surface area contributed by atoms with Crippen LogP contribution in [0.1, 0.15) is 43.5 Å². The number of aliphatic imine (C=N–C) groups is 1. The number of nitrogens with one attached hydrogen (secondary N) is 2. The fourth-order valence-corrected chi connectivity index (χ4v) is 7.23. The summed E-state index contributed by atoms with van der Waals surface area (Å²) in [5.74, 6) is -5.27. The Kier molecular flexibility index (Phi) is 11.2. The molecule has 7 atom stereocenters. The van der Waals surface area contributed by atoms with Gasteiger partial charge in [0.05, 0.1) is 48.9 Å². The number of allylic oxidation sites excluding steroid dienone is 3. The zero-order valence-corrected chi connectivity index (χ0v) is 28.1. The molecule has 1 saturated carbocycles. The average molecular weight is 688 g/mol. The van der Waals surface area contributed by atoms with E-state index in [0.29, 0.717) is 12.8 Å². The van der Waals surface area contributed by atoms with Gasteiger partial charge in [0.1, 0.15) is 17.7 Å². The zero-order chi connectivity index (χ0) is 34.8. The molecule has 1 aromatic rings. The Hall–Kier alpha value is -3.34. The summed E-state index contributed by atoms with van der Waals surface area (Å²) in [4.78, 5) is 18.1. The second-order valence-corrected chi connectivity index (χ2v) is 14.3. The van der Waals surface area contributed by atoms with Gasteiger partial charge in [-0.1, -0.05) is 26.0 Å². The molecule has 2 aliphatic carbocycles. The topological polar surface area (TPSA) is 153 Å². The molecule has 3 aliphatic rings. The van der Waals surface area contributed by atoms with Crippen molar-refractivity contribution >= 4 is 27.8 Å². The first-order valence-corrected chi connectivity index (χ1v) is 17.2. The van der Waals surface area contributed by atoms with Crippen molar-refractivity contribution < 1.29 is 46.1 Å². The lowest BCUT2D eigenvalue weighted by atomic mass is 9.77. The predicted molar refractivity (Wildman–Crippen MR) is 170 cm³/mol. The van der Waals surface area contributed by atoms with Gasteiger partial charge in [0.2, 0.25) is 15.9 Å². The molecule has 7 unspecified atom stereocenters. The molecule has 0 bridgehead atoms. The van der Waals surface area contributed by atoms with Gasteiger partial charge in [-0.3, -0.25) is 4.79 Å². The number of anilines is 1. The lowest BCUT2D eigenvalue weighted by molar-refractivity contribution is -0.00818. The van der Waals surface area contributed by atoms with E-state index in [4.69, 9.17) is 14.6 Å². The summed E-state index contributed by atoms with van der Waals surface area (Å²) in [5.41, 5.74) is -0.811. The van der Waals surface area contributed by atoms with Gasteiger partial charge in [-0.05, 0) is 36.7 Å². The second-order valence-electron chi connectivity index (χ2n) is 12.3. The molecule has 0 radical (unpaired) electrons. The third-order valence-electron chi connectivity index (χ3n) is 9.17. The van der Waals surface area contributed by atoms with Gasteiger partial charge in [-0.2, -0.15) is 4.31 Å². The molecule has 16 heteroatoms. The second kappa shape index (κ2) is 14.4. The smallest absolute Gasteiger partial charge is 0.279 e. The van der Waals surface area contributed by atoms with Crippen LogP contribution in [-0.2, 0) is 14.8 Å². The Morgan fingerprint density at radius 2 is 2.02 bits per heavy atom. The molecule has 4 rings (SSSR count). The molecule has 0 saturated heterocycles. The van der Waals surface area contributed by atoms with Crippen LogP contribution in [0.3, 0.4) is 0 Å². The van der Waals surface area contributed by atoms with Crippen LogP contribution in [0, 0.1) is 23.6 Å². The maximum Gasteiger partial charge on any atom is 0.279 e. The van der Waals surface area contributed by atoms with Crippen molar-refractivity contribution in [1.82, 2.24) is 14.5 Å². The number of methoxy groups -OCH3 is 1. The third kappa shape index (κ3) is 7.71. The SMILES string of the molecule is CCC(F)(F)C1=C(OC2CC3CC=CC(C)C3C2N(C)S(C)(=O)=O)N(C)C(Nc2cc(F)c(C(=O)NCC(O)CO)cc2OC)N=C1. The fourth-order valence-electron chi connectivity index (χ4n) is 6.51. The van der Waals surface area contributed by atoms with E-state index in [1.807, 2.05) is 13.0 Å². The van der Waals surface area contributed by atoms with Gasteiger partial charge >= 0.3 is 0 Å². The van der Waals surface area contributed by atoms with E-state index in [2.05, 4.69) is 21.7 Å². The number of aliphatic hydroxyl groups excluding tert-OH is 2. The van der Waals surface area contributed by atoms with Gasteiger partial charge in [0.15, 0.2) is 6.29 Å². The van der Waals surface area contributed by atoms with Crippen molar-refractivity contribution in [3.63, 3.8) is 0 Å². The summed E-state index contributed by atoms with van der Waals surface area (Å²) in [7, 11) is 0.594. The van der Waals surface area contributed by atoms with Crippen LogP contribution in [0.15, 0.2) is 40.7 Å². The highest BCUT2D eigenvalue weighted by Crippen LogP contribution is 2.48. The molecular formula is C31H44F3N5O7S. The van der Waals surface area contributed by atoms with Crippen molar-refractivity contribution in [2.75, 3.05) is 45.9 Å². The molecule has 1 aromatic carbocycles. The van der Waals surface area contributed by atoms with Crippen molar-refractivity contribution in [3.8, 4) is 5.75 Å². The number of rotatable bonds is 13. The lowest BCUT2D eigenvalue weighted by Crippen LogP contribution is -2.49. The number of alkyl halides is 2. The van der Waals surface area contributed by atoms with Crippen LogP contribution in [0.4, 0.5) is 18.9 Å². The molecular weight excluding hydrogens is 643 g/mol. The lowest BCUT2D eigenvalue weighted by Gasteiger charge is -2.40. The van der Waals surface area contributed by atoms with Gasteiger partial charge in [-0.15, -0.1) is 0 Å². The largest absolute Gasteiger partial charge is 0.495 e. The highest BCUT2D eigenvalue weighted by molar-refractivity contribution is 7.88. The number of likely N-dealkylation sites (N-methyl/N-ethyl adjacent to an activating group) is 1. The Morgan fingerprint density at radius 1 is 1.32 bits per heavy atom. The van der Waals surface area contributed by atoms with Gasteiger partial charge in [0, 0.05) is 39.3 Å². The number of aliphatic hydroxyl groups is 2. The van der Waals surface area contributed by atoms with Crippen molar-refractivity contribution in [2.24, 2.45) is 22.7 Å². The number of ether oxygens (including phenoxy) is 2.